The summed E-state index contributed by atoms with van der Waals surface area (Å²) in [5.41, 5.74) is 0. The van der Waals surface area contributed by atoms with Crippen molar-refractivity contribution in [3.63, 3.8) is 0 Å². The van der Waals surface area contributed by atoms with Crippen LogP contribution in [0.3, 0.4) is 0 Å². The Kier molecular flexibility index (Phi) is 2530. The van der Waals surface area contributed by atoms with E-state index in [-0.39, 0.29) is 99.0 Å². The van der Waals surface area contributed by atoms with Gasteiger partial charge in [-0.1, -0.05) is 0 Å². The molecule has 0 radical (unpaired) electrons. The van der Waals surface area contributed by atoms with Crippen LogP contribution in [-0.4, -0.2) is 0 Å². The molecule has 60 valence electrons. The fraction of sp³-hybridized carbons (Fsp3) is 0. The molecule has 0 aromatic rings. The molecule has 0 heterocycles. The minimum Gasteiger partial charge on any atom is -2.00 e. The predicted octanol–water partition coefficient (Wildman–Crippen LogP) is -0.369. The molecule has 8 heavy (non-hydrogen) atoms. The second-order valence-corrected chi connectivity index (χ2v) is 0. The Labute approximate surface area is 98.2 Å². The summed E-state index contributed by atoms with van der Waals surface area (Å²) in [5.74, 6) is 0. The van der Waals surface area contributed by atoms with Gasteiger partial charge in [-0.15, -0.1) is 0 Å². The maximum absolute atomic E-state index is 0. The van der Waals surface area contributed by atoms with E-state index in [9.17, 15) is 0 Å². The fourth-order valence-electron chi connectivity index (χ4n) is 0. The third kappa shape index (κ3) is 83.3. The zero-order chi connectivity index (χ0) is 0. The van der Waals surface area contributed by atoms with Crippen molar-refractivity contribution in [3.8, 4) is 0 Å². The van der Waals surface area contributed by atoms with Gasteiger partial charge in [0.05, 0.1) is 0 Å². The predicted molar refractivity (Wildman–Crippen MR) is 24.2 cm³/mol. The van der Waals surface area contributed by atoms with Crippen LogP contribution in [0, 0.1) is 0 Å². The molecule has 0 bridgehead atoms. The minimum atomic E-state index is 0. The fourth-order valence-corrected chi connectivity index (χ4v) is 0. The molecule has 0 unspecified atom stereocenters. The molecule has 0 N–H and O–H groups in total. The van der Waals surface area contributed by atoms with Gasteiger partial charge in [0, 0.05) is 42.1 Å². The van der Waals surface area contributed by atoms with E-state index in [1.54, 1.807) is 0 Å². The standard InChI is InChI=1S/2Mo.3O.3S/q;;6*-2. The first-order valence-corrected chi connectivity index (χ1v) is 0. The van der Waals surface area contributed by atoms with Crippen molar-refractivity contribution in [1.29, 1.82) is 0 Å². The van der Waals surface area contributed by atoms with Crippen LogP contribution in [0.1, 0.15) is 0 Å². The first-order valence-electron chi connectivity index (χ1n) is 0. The summed E-state index contributed by atoms with van der Waals surface area (Å²) in [6, 6.07) is 0. The summed E-state index contributed by atoms with van der Waals surface area (Å²) in [7, 11) is 0. The molecular formula is Mo2O3S3-12. The van der Waals surface area contributed by atoms with Crippen LogP contribution < -0.4 is 0 Å². The largest absolute Gasteiger partial charge is 2.00 e. The van der Waals surface area contributed by atoms with Crippen molar-refractivity contribution >= 4 is 40.5 Å². The van der Waals surface area contributed by atoms with Gasteiger partial charge in [0.25, 0.3) is 0 Å². The topological polar surface area (TPSA) is 85.5 Å². The van der Waals surface area contributed by atoms with Crippen LogP contribution in [0.4, 0.5) is 0 Å². The van der Waals surface area contributed by atoms with E-state index in [2.05, 4.69) is 0 Å². The van der Waals surface area contributed by atoms with Gasteiger partial charge in [-0.25, -0.2) is 0 Å². The maximum Gasteiger partial charge on any atom is 0 e. The first-order chi connectivity index (χ1) is 0. The van der Waals surface area contributed by atoms with E-state index in [0.717, 1.165) is 0 Å². The zero-order valence-electron chi connectivity index (χ0n) is 3.27. The maximum atomic E-state index is 0. The molecule has 0 spiro atoms. The van der Waals surface area contributed by atoms with Crippen LogP contribution in [0.25, 0.3) is 0 Å². The van der Waals surface area contributed by atoms with Crippen molar-refractivity contribution in [2.24, 2.45) is 0 Å². The van der Waals surface area contributed by atoms with Gasteiger partial charge in [0.15, 0.2) is 0 Å². The van der Waals surface area contributed by atoms with Crippen LogP contribution in [0.2, 0.25) is 0 Å². The third-order valence-electron chi connectivity index (χ3n) is 0. The van der Waals surface area contributed by atoms with Crippen LogP contribution in [0.5, 0.6) is 0 Å². The minimum absolute atomic E-state index is 0. The average molecular weight is 336 g/mol. The zero-order valence-corrected chi connectivity index (χ0v) is 9.73. The van der Waals surface area contributed by atoms with E-state index >= 15 is 0 Å². The Balaban J connectivity index is 0. The molecule has 0 aliphatic carbocycles. The first kappa shape index (κ1) is 168. The summed E-state index contributed by atoms with van der Waals surface area (Å²) in [4.78, 5) is 0. The van der Waals surface area contributed by atoms with Gasteiger partial charge >= 0.3 is 0 Å². The summed E-state index contributed by atoms with van der Waals surface area (Å²) in [5, 5.41) is 0. The van der Waals surface area contributed by atoms with E-state index < -0.39 is 0 Å². The van der Waals surface area contributed by atoms with E-state index in [1.807, 2.05) is 0 Å². The van der Waals surface area contributed by atoms with Crippen LogP contribution in [-0.2, 0) is 99.0 Å². The summed E-state index contributed by atoms with van der Waals surface area (Å²) < 4.78 is 0. The molecule has 0 rings (SSSR count). The van der Waals surface area contributed by atoms with E-state index in [4.69, 9.17) is 0 Å². The second-order valence-electron chi connectivity index (χ2n) is 0. The van der Waals surface area contributed by atoms with E-state index in [0.29, 0.717) is 0 Å². The van der Waals surface area contributed by atoms with Crippen molar-refractivity contribution in [3.05, 3.63) is 0 Å². The Morgan fingerprint density at radius 2 is 0.375 bits per heavy atom. The molecule has 3 nitrogen and oxygen atoms in total. The molecule has 0 saturated heterocycles. The number of hydrogen-bond donors (Lipinski definition) is 0. The van der Waals surface area contributed by atoms with Crippen molar-refractivity contribution < 1.29 is 58.6 Å². The Morgan fingerprint density at radius 1 is 0.375 bits per heavy atom. The van der Waals surface area contributed by atoms with Crippen molar-refractivity contribution in [2.45, 2.75) is 0 Å². The molecule has 0 fully saturated rings. The Bertz CT molecular complexity index is 12.5. The normalized spacial score (nSPS) is 0. The van der Waals surface area contributed by atoms with Gasteiger partial charge in [-0.2, -0.15) is 0 Å². The Morgan fingerprint density at radius 3 is 0.375 bits per heavy atom. The Hall–Kier alpha value is 2.31. The molecule has 0 amide bonds. The molecule has 0 aliphatic heterocycles. The molecule has 0 aromatic carbocycles. The SMILES string of the molecule is [Mo].[Mo].[O-2].[O-2].[O-2].[S-2].[S-2].[S-2]. The third-order valence-corrected chi connectivity index (χ3v) is 0. The monoisotopic (exact) mass is 340 g/mol. The van der Waals surface area contributed by atoms with Gasteiger partial charge in [0.2, 0.25) is 0 Å². The van der Waals surface area contributed by atoms with Gasteiger partial charge in [-0.3, -0.25) is 0 Å². The van der Waals surface area contributed by atoms with E-state index in [1.165, 1.54) is 0 Å². The van der Waals surface area contributed by atoms with Gasteiger partial charge in [0.1, 0.15) is 0 Å². The smallest absolute Gasteiger partial charge is 0 e. The average Bonchev–Trinajstić information content (AvgIpc) is 0. The molecule has 0 atom stereocenters. The van der Waals surface area contributed by atoms with Crippen molar-refractivity contribution in [2.75, 3.05) is 0 Å². The van der Waals surface area contributed by atoms with Gasteiger partial charge < -0.3 is 56.9 Å². The second kappa shape index (κ2) is 121. The summed E-state index contributed by atoms with van der Waals surface area (Å²) in [6.07, 6.45) is 0. The van der Waals surface area contributed by atoms with Crippen LogP contribution in [0.15, 0.2) is 0 Å². The molecule has 0 aliphatic rings. The summed E-state index contributed by atoms with van der Waals surface area (Å²) in [6.45, 7) is 0. The van der Waals surface area contributed by atoms with Crippen molar-refractivity contribution in [1.82, 2.24) is 0 Å². The molecule has 0 saturated carbocycles. The number of rotatable bonds is 0. The number of hydrogen-bond acceptors (Lipinski definition) is 0. The molecule has 0 aromatic heterocycles. The quantitative estimate of drug-likeness (QED) is 0.541. The molecule has 8 heteroatoms. The molecular weight excluding hydrogens is 336 g/mol. The summed E-state index contributed by atoms with van der Waals surface area (Å²) >= 11 is 0. The van der Waals surface area contributed by atoms with Gasteiger partial charge in [-0.05, 0) is 0 Å². The van der Waals surface area contributed by atoms with Crippen LogP contribution >= 0.6 is 0 Å².